The van der Waals surface area contributed by atoms with E-state index in [0.29, 0.717) is 23.9 Å². The minimum atomic E-state index is -0.506. The van der Waals surface area contributed by atoms with E-state index in [1.165, 1.54) is 0 Å². The number of carbonyl (C=O) groups excluding carboxylic acids is 1. The Balaban J connectivity index is 1.93. The van der Waals surface area contributed by atoms with Gasteiger partial charge in [0.05, 0.1) is 0 Å². The Morgan fingerprint density at radius 1 is 1.39 bits per heavy atom. The van der Waals surface area contributed by atoms with E-state index in [1.54, 1.807) is 18.2 Å². The third kappa shape index (κ3) is 5.55. The van der Waals surface area contributed by atoms with E-state index >= 15 is 0 Å². The molecule has 0 aliphatic rings. The number of primary amides is 1. The zero-order valence-corrected chi connectivity index (χ0v) is 13.2. The van der Waals surface area contributed by atoms with Crippen LogP contribution in [0.1, 0.15) is 24.2 Å². The molecule has 0 radical (unpaired) electrons. The van der Waals surface area contributed by atoms with E-state index in [2.05, 4.69) is 15.5 Å². The molecule has 0 bridgehead atoms. The molecule has 0 saturated carbocycles. The molecule has 0 fully saturated rings. The molecule has 7 heteroatoms. The van der Waals surface area contributed by atoms with Gasteiger partial charge in [0.2, 0.25) is 0 Å². The molecular formula is C16H20N4O3. The van der Waals surface area contributed by atoms with E-state index in [-0.39, 0.29) is 12.6 Å². The summed E-state index contributed by atoms with van der Waals surface area (Å²) in [4.78, 5) is 14.9. The molecule has 3 N–H and O–H groups in total. The predicted octanol–water partition coefficient (Wildman–Crippen LogP) is 1.25. The van der Waals surface area contributed by atoms with E-state index < -0.39 is 5.91 Å². The molecule has 1 aromatic carbocycles. The number of carbonyl (C=O) groups is 1. The number of nitrogens with zero attached hydrogens (tertiary/aromatic N) is 2. The quantitative estimate of drug-likeness (QED) is 0.760. The van der Waals surface area contributed by atoms with Crippen LogP contribution in [0.4, 0.5) is 0 Å². The first-order valence-electron chi connectivity index (χ1n) is 7.26. The maximum Gasteiger partial charge on any atom is 0.255 e. The van der Waals surface area contributed by atoms with Crippen LogP contribution in [0.2, 0.25) is 0 Å². The average molecular weight is 316 g/mol. The summed E-state index contributed by atoms with van der Waals surface area (Å²) in [6.45, 7) is 1.92. The molecule has 1 atom stereocenters. The summed E-state index contributed by atoms with van der Waals surface area (Å²) >= 11 is 0. The molecule has 0 aliphatic heterocycles. The van der Waals surface area contributed by atoms with Gasteiger partial charge in [-0.3, -0.25) is 4.79 Å². The van der Waals surface area contributed by atoms with Crippen molar-refractivity contribution in [3.63, 3.8) is 0 Å². The van der Waals surface area contributed by atoms with E-state index in [0.717, 1.165) is 5.56 Å². The Morgan fingerprint density at radius 2 is 2.13 bits per heavy atom. The van der Waals surface area contributed by atoms with E-state index in [9.17, 15) is 4.79 Å². The topological polar surface area (TPSA) is 103 Å². The zero-order valence-electron chi connectivity index (χ0n) is 13.2. The highest BCUT2D eigenvalue weighted by Crippen LogP contribution is 2.14. The van der Waals surface area contributed by atoms with Crippen LogP contribution in [0, 0.1) is 0 Å². The van der Waals surface area contributed by atoms with Gasteiger partial charge in [-0.25, -0.2) is 0 Å². The molecule has 7 nitrogen and oxygen atoms in total. The van der Waals surface area contributed by atoms with Gasteiger partial charge < -0.3 is 20.3 Å². The monoisotopic (exact) mass is 316 g/mol. The van der Waals surface area contributed by atoms with Crippen LogP contribution in [-0.4, -0.2) is 35.7 Å². The first-order valence-corrected chi connectivity index (χ1v) is 7.26. The number of aromatic nitrogens is 2. The lowest BCUT2D eigenvalue weighted by atomic mass is 10.2. The predicted molar refractivity (Wildman–Crippen MR) is 86.6 cm³/mol. The van der Waals surface area contributed by atoms with Crippen LogP contribution < -0.4 is 15.8 Å². The van der Waals surface area contributed by atoms with Gasteiger partial charge in [-0.2, -0.15) is 4.98 Å². The van der Waals surface area contributed by atoms with Crippen molar-refractivity contribution >= 4 is 18.1 Å². The molecule has 0 aliphatic carbocycles. The van der Waals surface area contributed by atoms with Crippen molar-refractivity contribution in [3.05, 3.63) is 41.5 Å². The van der Waals surface area contributed by atoms with Crippen molar-refractivity contribution < 1.29 is 14.1 Å². The Bertz CT molecular complexity index is 664. The normalized spacial score (nSPS) is 12.4. The lowest BCUT2D eigenvalue weighted by Crippen LogP contribution is -2.24. The largest absolute Gasteiger partial charge is 0.484 e. The van der Waals surface area contributed by atoms with Gasteiger partial charge in [0.15, 0.2) is 12.4 Å². The molecule has 0 saturated heterocycles. The first kappa shape index (κ1) is 16.7. The third-order valence-electron chi connectivity index (χ3n) is 3.14. The van der Waals surface area contributed by atoms with Gasteiger partial charge in [-0.05, 0) is 37.7 Å². The van der Waals surface area contributed by atoms with Crippen LogP contribution in [0.5, 0.6) is 5.75 Å². The lowest BCUT2D eigenvalue weighted by Gasteiger charge is -2.04. The second-order valence-electron chi connectivity index (χ2n) is 5.10. The second-order valence-corrected chi connectivity index (χ2v) is 5.10. The molecule has 122 valence electrons. The van der Waals surface area contributed by atoms with Gasteiger partial charge in [0.1, 0.15) is 5.75 Å². The highest BCUT2D eigenvalue weighted by Gasteiger charge is 2.07. The van der Waals surface area contributed by atoms with Crippen LogP contribution in [0.25, 0.3) is 12.2 Å². The number of nitrogens with two attached hydrogens (primary N) is 1. The SMILES string of the molecule is CNC(C)Cc1noc(/C=C/c2ccc(OCC(N)=O)cc2)n1. The summed E-state index contributed by atoms with van der Waals surface area (Å²) in [5.41, 5.74) is 5.97. The number of amides is 1. The Hall–Kier alpha value is -2.67. The van der Waals surface area contributed by atoms with E-state index in [4.69, 9.17) is 15.0 Å². The van der Waals surface area contributed by atoms with Gasteiger partial charge in [-0.15, -0.1) is 0 Å². The smallest absolute Gasteiger partial charge is 0.255 e. The van der Waals surface area contributed by atoms with Crippen molar-refractivity contribution in [1.29, 1.82) is 0 Å². The van der Waals surface area contributed by atoms with Crippen molar-refractivity contribution in [2.24, 2.45) is 5.73 Å². The van der Waals surface area contributed by atoms with E-state index in [1.807, 2.05) is 32.2 Å². The second kappa shape index (κ2) is 8.09. The van der Waals surface area contributed by atoms with Crippen molar-refractivity contribution in [2.75, 3.05) is 13.7 Å². The summed E-state index contributed by atoms with van der Waals surface area (Å²) in [5, 5.41) is 7.05. The number of rotatable bonds is 8. The summed E-state index contributed by atoms with van der Waals surface area (Å²) in [5.74, 6) is 1.20. The maximum atomic E-state index is 10.6. The maximum absolute atomic E-state index is 10.6. The summed E-state index contributed by atoms with van der Waals surface area (Å²) < 4.78 is 10.4. The van der Waals surface area contributed by atoms with Crippen molar-refractivity contribution in [2.45, 2.75) is 19.4 Å². The standard InChI is InChI=1S/C16H20N4O3/c1-11(18-2)9-15-19-16(23-20-15)8-5-12-3-6-13(7-4-12)22-10-14(17)21/h3-8,11,18H,9-10H2,1-2H3,(H2,17,21)/b8-5+. The van der Waals surface area contributed by atoms with Gasteiger partial charge in [0, 0.05) is 18.5 Å². The Kier molecular flexibility index (Phi) is 5.87. The molecular weight excluding hydrogens is 296 g/mol. The van der Waals surface area contributed by atoms with Crippen LogP contribution in [0.15, 0.2) is 28.8 Å². The van der Waals surface area contributed by atoms with Crippen LogP contribution in [0.3, 0.4) is 0 Å². The number of likely N-dealkylation sites (N-methyl/N-ethyl adjacent to an activating group) is 1. The molecule has 1 aromatic heterocycles. The molecule has 2 aromatic rings. The minimum Gasteiger partial charge on any atom is -0.484 e. The molecule has 1 unspecified atom stereocenters. The fourth-order valence-corrected chi connectivity index (χ4v) is 1.79. The minimum absolute atomic E-state index is 0.134. The number of ether oxygens (including phenoxy) is 1. The lowest BCUT2D eigenvalue weighted by molar-refractivity contribution is -0.119. The van der Waals surface area contributed by atoms with Gasteiger partial charge in [0.25, 0.3) is 11.8 Å². The fraction of sp³-hybridized carbons (Fsp3) is 0.312. The Morgan fingerprint density at radius 3 is 2.78 bits per heavy atom. The van der Waals surface area contributed by atoms with Crippen LogP contribution in [-0.2, 0) is 11.2 Å². The average Bonchev–Trinajstić information content (AvgIpc) is 2.99. The third-order valence-corrected chi connectivity index (χ3v) is 3.14. The van der Waals surface area contributed by atoms with Crippen molar-refractivity contribution in [3.8, 4) is 5.75 Å². The molecule has 2 rings (SSSR count). The fourth-order valence-electron chi connectivity index (χ4n) is 1.79. The number of benzene rings is 1. The Labute approximate surface area is 134 Å². The van der Waals surface area contributed by atoms with Crippen molar-refractivity contribution in [1.82, 2.24) is 15.5 Å². The molecule has 23 heavy (non-hydrogen) atoms. The van der Waals surface area contributed by atoms with Gasteiger partial charge >= 0.3 is 0 Å². The number of hydrogen-bond acceptors (Lipinski definition) is 6. The zero-order chi connectivity index (χ0) is 16.7. The summed E-state index contributed by atoms with van der Waals surface area (Å²) in [6, 6.07) is 7.52. The number of hydrogen-bond donors (Lipinski definition) is 2. The summed E-state index contributed by atoms with van der Waals surface area (Å²) in [6.07, 6.45) is 4.32. The highest BCUT2D eigenvalue weighted by molar-refractivity contribution is 5.75. The summed E-state index contributed by atoms with van der Waals surface area (Å²) in [7, 11) is 1.89. The van der Waals surface area contributed by atoms with Gasteiger partial charge in [-0.1, -0.05) is 17.3 Å². The first-order chi connectivity index (χ1) is 11.1. The van der Waals surface area contributed by atoms with Crippen LogP contribution >= 0.6 is 0 Å². The molecule has 0 spiro atoms. The number of nitrogens with one attached hydrogen (secondary N) is 1. The molecule has 1 heterocycles. The highest BCUT2D eigenvalue weighted by atomic mass is 16.5. The molecule has 1 amide bonds.